The van der Waals surface area contributed by atoms with E-state index in [4.69, 9.17) is 4.74 Å². The van der Waals surface area contributed by atoms with Gasteiger partial charge in [-0.3, -0.25) is 9.78 Å². The third-order valence-electron chi connectivity index (χ3n) is 5.66. The highest BCUT2D eigenvalue weighted by molar-refractivity contribution is 7.89. The second-order valence-corrected chi connectivity index (χ2v) is 10.3. The summed E-state index contributed by atoms with van der Waals surface area (Å²) in [5.74, 6) is -0.141. The topological polar surface area (TPSA) is 88.6 Å². The van der Waals surface area contributed by atoms with E-state index in [-0.39, 0.29) is 23.9 Å². The number of pyridine rings is 1. The van der Waals surface area contributed by atoms with Gasteiger partial charge >= 0.3 is 0 Å². The van der Waals surface area contributed by atoms with Crippen molar-refractivity contribution in [3.8, 4) is 5.75 Å². The number of amides is 1. The van der Waals surface area contributed by atoms with Gasteiger partial charge in [0, 0.05) is 37.2 Å². The van der Waals surface area contributed by atoms with Gasteiger partial charge in [0.2, 0.25) is 15.9 Å². The van der Waals surface area contributed by atoms with E-state index in [0.29, 0.717) is 17.0 Å². The molecule has 38 heavy (non-hydrogen) atoms. The molecule has 0 saturated heterocycles. The molecule has 1 amide bonds. The van der Waals surface area contributed by atoms with Crippen molar-refractivity contribution in [2.75, 3.05) is 12.4 Å². The minimum absolute atomic E-state index is 0.0398. The van der Waals surface area contributed by atoms with Crippen LogP contribution >= 0.6 is 0 Å². The number of hydrogen-bond donors (Lipinski definition) is 1. The number of ether oxygens (including phenoxy) is 1. The minimum atomic E-state index is -3.95. The second-order valence-electron chi connectivity index (χ2n) is 8.38. The molecule has 0 saturated carbocycles. The Balaban J connectivity index is 1.54. The molecule has 3 aromatic carbocycles. The van der Waals surface area contributed by atoms with E-state index in [1.54, 1.807) is 68.0 Å². The number of benzene rings is 3. The number of rotatable bonds is 10. The fourth-order valence-corrected chi connectivity index (χ4v) is 5.10. The molecule has 0 unspecified atom stereocenters. The molecule has 1 aromatic heterocycles. The van der Waals surface area contributed by atoms with Crippen LogP contribution < -0.4 is 10.1 Å². The van der Waals surface area contributed by atoms with Gasteiger partial charge in [0.05, 0.1) is 12.0 Å². The van der Waals surface area contributed by atoms with E-state index in [9.17, 15) is 17.6 Å². The van der Waals surface area contributed by atoms with Crippen LogP contribution in [0.3, 0.4) is 0 Å². The van der Waals surface area contributed by atoms with Gasteiger partial charge in [-0.15, -0.1) is 0 Å². The first-order valence-corrected chi connectivity index (χ1v) is 13.1. The van der Waals surface area contributed by atoms with E-state index in [1.165, 1.54) is 46.8 Å². The largest absolute Gasteiger partial charge is 0.497 e. The van der Waals surface area contributed by atoms with Crippen molar-refractivity contribution in [1.29, 1.82) is 0 Å². The fraction of sp³-hybridized carbons (Fsp3) is 0.103. The van der Waals surface area contributed by atoms with Gasteiger partial charge in [0.15, 0.2) is 0 Å². The Morgan fingerprint density at radius 1 is 0.947 bits per heavy atom. The first kappa shape index (κ1) is 26.7. The first-order chi connectivity index (χ1) is 18.3. The SMILES string of the molecule is COc1cccc(CN(Cc2ccc(F)cc2)S(=O)(=O)c2ccc(NC(=O)/C=C/c3ccncc3)cc2)c1. The molecule has 1 N–H and O–H groups in total. The van der Waals surface area contributed by atoms with Crippen LogP contribution in [-0.2, 0) is 27.9 Å². The number of carbonyl (C=O) groups is 1. The zero-order valence-electron chi connectivity index (χ0n) is 20.6. The Hall–Kier alpha value is -4.34. The summed E-state index contributed by atoms with van der Waals surface area (Å²) in [6.07, 6.45) is 6.30. The van der Waals surface area contributed by atoms with Crippen LogP contribution in [0, 0.1) is 5.82 Å². The van der Waals surface area contributed by atoms with Crippen molar-refractivity contribution in [3.05, 3.63) is 126 Å². The molecule has 1 heterocycles. The first-order valence-electron chi connectivity index (χ1n) is 11.7. The van der Waals surface area contributed by atoms with Crippen LogP contribution in [0.15, 0.2) is 108 Å². The summed E-state index contributed by atoms with van der Waals surface area (Å²) in [4.78, 5) is 16.3. The highest BCUT2D eigenvalue weighted by Crippen LogP contribution is 2.24. The van der Waals surface area contributed by atoms with Gasteiger partial charge < -0.3 is 10.1 Å². The van der Waals surface area contributed by atoms with Crippen molar-refractivity contribution in [3.63, 3.8) is 0 Å². The molecule has 4 aromatic rings. The molecule has 0 fully saturated rings. The summed E-state index contributed by atoms with van der Waals surface area (Å²) in [6, 6.07) is 22.4. The monoisotopic (exact) mass is 531 g/mol. The van der Waals surface area contributed by atoms with Crippen LogP contribution in [0.5, 0.6) is 5.75 Å². The third-order valence-corrected chi connectivity index (χ3v) is 7.46. The van der Waals surface area contributed by atoms with Crippen molar-refractivity contribution in [1.82, 2.24) is 9.29 Å². The van der Waals surface area contributed by atoms with E-state index < -0.39 is 15.8 Å². The second kappa shape index (κ2) is 12.3. The van der Waals surface area contributed by atoms with Gasteiger partial charge in [-0.2, -0.15) is 4.31 Å². The molecule has 0 atom stereocenters. The lowest BCUT2D eigenvalue weighted by Gasteiger charge is -2.23. The summed E-state index contributed by atoms with van der Waals surface area (Å²) in [7, 11) is -2.41. The predicted molar refractivity (Wildman–Crippen MR) is 144 cm³/mol. The van der Waals surface area contributed by atoms with E-state index >= 15 is 0 Å². The maximum absolute atomic E-state index is 13.7. The van der Waals surface area contributed by atoms with Gasteiger partial charge in [-0.05, 0) is 83.4 Å². The Morgan fingerprint density at radius 3 is 2.32 bits per heavy atom. The Labute approximate surface area is 221 Å². The number of halogens is 1. The molecule has 194 valence electrons. The molecule has 0 aliphatic heterocycles. The van der Waals surface area contributed by atoms with Gasteiger partial charge in [-0.25, -0.2) is 12.8 Å². The lowest BCUT2D eigenvalue weighted by molar-refractivity contribution is -0.111. The lowest BCUT2D eigenvalue weighted by atomic mass is 10.2. The molecule has 4 rings (SSSR count). The zero-order valence-corrected chi connectivity index (χ0v) is 21.4. The molecule has 0 bridgehead atoms. The number of hydrogen-bond acceptors (Lipinski definition) is 5. The van der Waals surface area contributed by atoms with Gasteiger partial charge in [0.1, 0.15) is 11.6 Å². The average molecular weight is 532 g/mol. The van der Waals surface area contributed by atoms with Crippen LogP contribution in [0.1, 0.15) is 16.7 Å². The number of aromatic nitrogens is 1. The summed E-state index contributed by atoms with van der Waals surface area (Å²) < 4.78 is 47.4. The Bertz CT molecular complexity index is 1510. The summed E-state index contributed by atoms with van der Waals surface area (Å²) in [5.41, 5.74) is 2.66. The molecule has 0 aliphatic carbocycles. The normalized spacial score (nSPS) is 11.6. The van der Waals surface area contributed by atoms with Crippen LogP contribution in [0.4, 0.5) is 10.1 Å². The number of nitrogens with one attached hydrogen (secondary N) is 1. The van der Waals surface area contributed by atoms with Crippen molar-refractivity contribution in [2.45, 2.75) is 18.0 Å². The van der Waals surface area contributed by atoms with E-state index in [0.717, 1.165) is 11.1 Å². The molecule has 0 aliphatic rings. The lowest BCUT2D eigenvalue weighted by Crippen LogP contribution is -2.30. The summed E-state index contributed by atoms with van der Waals surface area (Å²) in [6.45, 7) is 0.118. The molecule has 9 heteroatoms. The maximum Gasteiger partial charge on any atom is 0.248 e. The van der Waals surface area contributed by atoms with Crippen molar-refractivity contribution in [2.24, 2.45) is 0 Å². The Kier molecular flexibility index (Phi) is 8.62. The maximum atomic E-state index is 13.7. The van der Waals surface area contributed by atoms with Crippen LogP contribution in [0.25, 0.3) is 6.08 Å². The quantitative estimate of drug-likeness (QED) is 0.282. The molecule has 0 spiro atoms. The number of nitrogens with zero attached hydrogens (tertiary/aromatic N) is 2. The van der Waals surface area contributed by atoms with Gasteiger partial charge in [0.25, 0.3) is 0 Å². The van der Waals surface area contributed by atoms with E-state index in [2.05, 4.69) is 10.3 Å². The van der Waals surface area contributed by atoms with Crippen molar-refractivity contribution >= 4 is 27.7 Å². The smallest absolute Gasteiger partial charge is 0.248 e. The highest BCUT2D eigenvalue weighted by Gasteiger charge is 2.25. The summed E-state index contributed by atoms with van der Waals surface area (Å²) >= 11 is 0. The highest BCUT2D eigenvalue weighted by atomic mass is 32.2. The van der Waals surface area contributed by atoms with Crippen molar-refractivity contribution < 1.29 is 22.3 Å². The van der Waals surface area contributed by atoms with Crippen LogP contribution in [-0.4, -0.2) is 30.7 Å². The molecule has 7 nitrogen and oxygen atoms in total. The predicted octanol–water partition coefficient (Wildman–Crippen LogP) is 5.27. The molecular formula is C29H26FN3O4S. The standard InChI is InChI=1S/C29H26FN3O4S/c1-37-27-4-2-3-24(19-27)21-33(20-23-5-8-25(30)9-6-23)38(35,36)28-12-10-26(11-13-28)32-29(34)14-7-22-15-17-31-18-16-22/h2-19H,20-21H2,1H3,(H,32,34)/b14-7+. The third kappa shape index (κ3) is 7.12. The Morgan fingerprint density at radius 2 is 1.63 bits per heavy atom. The molecular weight excluding hydrogens is 505 g/mol. The number of carbonyl (C=O) groups excluding carboxylic acids is 1. The zero-order chi connectivity index (χ0) is 27.0. The molecule has 0 radical (unpaired) electrons. The average Bonchev–Trinajstić information content (AvgIpc) is 2.93. The van der Waals surface area contributed by atoms with Gasteiger partial charge in [-0.1, -0.05) is 24.3 Å². The number of anilines is 1. The summed E-state index contributed by atoms with van der Waals surface area (Å²) in [5, 5.41) is 2.72. The fourth-order valence-electron chi connectivity index (χ4n) is 3.68. The van der Waals surface area contributed by atoms with Crippen LogP contribution in [0.2, 0.25) is 0 Å². The number of sulfonamides is 1. The van der Waals surface area contributed by atoms with E-state index in [1.807, 2.05) is 6.07 Å². The minimum Gasteiger partial charge on any atom is -0.497 e. The number of methoxy groups -OCH3 is 1.